The Bertz CT molecular complexity index is 419. The number of esters is 1. The number of hydrogen-bond donors (Lipinski definition) is 1. The standard InChI is InChI=1S/C15H21NO2/c1-15(2,12-5-7-13(16)8-6-12)14(17)18-10-9-11-3-4-11/h5-8,11H,3-4,9-10,16H2,1-2H3. The molecule has 0 aromatic heterocycles. The van der Waals surface area contributed by atoms with Crippen LogP contribution in [0.1, 0.15) is 38.7 Å². The molecule has 3 nitrogen and oxygen atoms in total. The van der Waals surface area contributed by atoms with Crippen molar-refractivity contribution >= 4 is 11.7 Å². The maximum Gasteiger partial charge on any atom is 0.315 e. The van der Waals surface area contributed by atoms with Gasteiger partial charge in [-0.25, -0.2) is 0 Å². The minimum atomic E-state index is -0.614. The van der Waals surface area contributed by atoms with Crippen molar-refractivity contribution in [2.45, 2.75) is 38.5 Å². The Morgan fingerprint density at radius 3 is 2.50 bits per heavy atom. The molecule has 2 N–H and O–H groups in total. The summed E-state index contributed by atoms with van der Waals surface area (Å²) in [5, 5.41) is 0. The number of hydrogen-bond acceptors (Lipinski definition) is 3. The molecule has 1 saturated carbocycles. The molecule has 1 aromatic rings. The molecule has 0 unspecified atom stereocenters. The summed E-state index contributed by atoms with van der Waals surface area (Å²) in [6, 6.07) is 7.40. The molecule has 1 fully saturated rings. The minimum absolute atomic E-state index is 0.159. The average molecular weight is 247 g/mol. The molecule has 18 heavy (non-hydrogen) atoms. The zero-order chi connectivity index (χ0) is 13.2. The Morgan fingerprint density at radius 2 is 1.94 bits per heavy atom. The van der Waals surface area contributed by atoms with E-state index in [-0.39, 0.29) is 5.97 Å². The molecular formula is C15H21NO2. The Hall–Kier alpha value is -1.51. The predicted molar refractivity (Wildman–Crippen MR) is 72.2 cm³/mol. The fraction of sp³-hybridized carbons (Fsp3) is 0.533. The van der Waals surface area contributed by atoms with E-state index in [0.717, 1.165) is 17.9 Å². The van der Waals surface area contributed by atoms with Gasteiger partial charge < -0.3 is 10.5 Å². The van der Waals surface area contributed by atoms with Crippen LogP contribution in [-0.2, 0) is 14.9 Å². The van der Waals surface area contributed by atoms with Gasteiger partial charge in [0.2, 0.25) is 0 Å². The Balaban J connectivity index is 1.94. The molecule has 1 aliphatic carbocycles. The summed E-state index contributed by atoms with van der Waals surface area (Å²) >= 11 is 0. The number of nitrogen functional groups attached to an aromatic ring is 1. The maximum absolute atomic E-state index is 12.1. The van der Waals surface area contributed by atoms with Gasteiger partial charge in [0.15, 0.2) is 0 Å². The van der Waals surface area contributed by atoms with Gasteiger partial charge >= 0.3 is 5.97 Å². The molecule has 0 atom stereocenters. The van der Waals surface area contributed by atoms with Crippen LogP contribution in [0.5, 0.6) is 0 Å². The second-order valence-electron chi connectivity index (χ2n) is 5.61. The molecule has 1 aliphatic rings. The Morgan fingerprint density at radius 1 is 1.33 bits per heavy atom. The van der Waals surface area contributed by atoms with Crippen molar-refractivity contribution < 1.29 is 9.53 Å². The topological polar surface area (TPSA) is 52.3 Å². The van der Waals surface area contributed by atoms with E-state index < -0.39 is 5.41 Å². The quantitative estimate of drug-likeness (QED) is 0.643. The van der Waals surface area contributed by atoms with Crippen molar-refractivity contribution in [2.75, 3.05) is 12.3 Å². The summed E-state index contributed by atoms with van der Waals surface area (Å²) in [4.78, 5) is 12.1. The van der Waals surface area contributed by atoms with Gasteiger partial charge in [0.1, 0.15) is 0 Å². The van der Waals surface area contributed by atoms with Gasteiger partial charge in [-0.05, 0) is 43.9 Å². The van der Waals surface area contributed by atoms with Gasteiger partial charge in [0, 0.05) is 5.69 Å². The number of carbonyl (C=O) groups excluding carboxylic acids is 1. The molecule has 0 heterocycles. The van der Waals surface area contributed by atoms with Crippen LogP contribution < -0.4 is 5.73 Å². The maximum atomic E-state index is 12.1. The third-order valence-corrected chi connectivity index (χ3v) is 3.60. The molecule has 0 bridgehead atoms. The highest BCUT2D eigenvalue weighted by Crippen LogP contribution is 2.32. The van der Waals surface area contributed by atoms with Gasteiger partial charge in [-0.3, -0.25) is 4.79 Å². The first-order valence-corrected chi connectivity index (χ1v) is 6.53. The lowest BCUT2D eigenvalue weighted by atomic mass is 9.85. The number of benzene rings is 1. The van der Waals surface area contributed by atoms with Crippen molar-refractivity contribution in [2.24, 2.45) is 5.92 Å². The van der Waals surface area contributed by atoms with Gasteiger partial charge in [0.05, 0.1) is 12.0 Å². The predicted octanol–water partition coefficient (Wildman–Crippen LogP) is 2.89. The largest absolute Gasteiger partial charge is 0.465 e. The highest BCUT2D eigenvalue weighted by molar-refractivity contribution is 5.82. The van der Waals surface area contributed by atoms with Crippen molar-refractivity contribution in [3.8, 4) is 0 Å². The minimum Gasteiger partial charge on any atom is -0.465 e. The van der Waals surface area contributed by atoms with E-state index in [1.54, 1.807) is 0 Å². The van der Waals surface area contributed by atoms with Crippen molar-refractivity contribution in [3.05, 3.63) is 29.8 Å². The van der Waals surface area contributed by atoms with Crippen molar-refractivity contribution in [1.29, 1.82) is 0 Å². The zero-order valence-electron chi connectivity index (χ0n) is 11.1. The average Bonchev–Trinajstić information content (AvgIpc) is 3.13. The lowest BCUT2D eigenvalue weighted by molar-refractivity contribution is -0.149. The van der Waals surface area contributed by atoms with Gasteiger partial charge in [0.25, 0.3) is 0 Å². The molecule has 0 spiro atoms. The second-order valence-corrected chi connectivity index (χ2v) is 5.61. The van der Waals surface area contributed by atoms with Crippen LogP contribution in [0.25, 0.3) is 0 Å². The normalized spacial score (nSPS) is 15.4. The van der Waals surface area contributed by atoms with Crippen LogP contribution >= 0.6 is 0 Å². The molecule has 98 valence electrons. The molecule has 0 saturated heterocycles. The highest BCUT2D eigenvalue weighted by Gasteiger charge is 2.32. The molecule has 0 amide bonds. The monoisotopic (exact) mass is 247 g/mol. The molecule has 2 rings (SSSR count). The van der Waals surface area contributed by atoms with Crippen LogP contribution in [0, 0.1) is 5.92 Å². The number of nitrogens with two attached hydrogens (primary N) is 1. The van der Waals surface area contributed by atoms with Crippen molar-refractivity contribution in [1.82, 2.24) is 0 Å². The number of rotatable bonds is 5. The molecule has 3 heteroatoms. The molecule has 0 radical (unpaired) electrons. The molecule has 0 aliphatic heterocycles. The lowest BCUT2D eigenvalue weighted by Gasteiger charge is -2.23. The number of carbonyl (C=O) groups is 1. The smallest absolute Gasteiger partial charge is 0.315 e. The fourth-order valence-corrected chi connectivity index (χ4v) is 1.92. The molecule has 1 aromatic carbocycles. The third-order valence-electron chi connectivity index (χ3n) is 3.60. The summed E-state index contributed by atoms with van der Waals surface area (Å²) in [6.45, 7) is 4.32. The van der Waals surface area contributed by atoms with E-state index >= 15 is 0 Å². The SMILES string of the molecule is CC(C)(C(=O)OCCC1CC1)c1ccc(N)cc1. The second kappa shape index (κ2) is 5.01. The Kier molecular flexibility index (Phi) is 3.60. The van der Waals surface area contributed by atoms with E-state index in [2.05, 4.69) is 0 Å². The summed E-state index contributed by atoms with van der Waals surface area (Å²) in [6.07, 6.45) is 3.58. The van der Waals surface area contributed by atoms with E-state index in [4.69, 9.17) is 10.5 Å². The Labute approximate surface area is 108 Å². The van der Waals surface area contributed by atoms with Crippen LogP contribution in [0.3, 0.4) is 0 Å². The first kappa shape index (κ1) is 12.9. The highest BCUT2D eigenvalue weighted by atomic mass is 16.5. The molecular weight excluding hydrogens is 226 g/mol. The summed E-state index contributed by atoms with van der Waals surface area (Å²) < 4.78 is 5.37. The van der Waals surface area contributed by atoms with Gasteiger partial charge in [-0.2, -0.15) is 0 Å². The first-order valence-electron chi connectivity index (χ1n) is 6.53. The van der Waals surface area contributed by atoms with Gasteiger partial charge in [-0.1, -0.05) is 25.0 Å². The van der Waals surface area contributed by atoms with E-state index in [1.807, 2.05) is 38.1 Å². The first-order chi connectivity index (χ1) is 8.50. The van der Waals surface area contributed by atoms with E-state index in [0.29, 0.717) is 12.3 Å². The zero-order valence-corrected chi connectivity index (χ0v) is 11.1. The van der Waals surface area contributed by atoms with Crippen LogP contribution in [0.15, 0.2) is 24.3 Å². The van der Waals surface area contributed by atoms with Crippen molar-refractivity contribution in [3.63, 3.8) is 0 Å². The number of ether oxygens (including phenoxy) is 1. The van der Waals surface area contributed by atoms with Crippen LogP contribution in [-0.4, -0.2) is 12.6 Å². The summed E-state index contributed by atoms with van der Waals surface area (Å²) in [5.41, 5.74) is 6.68. The van der Waals surface area contributed by atoms with Gasteiger partial charge in [-0.15, -0.1) is 0 Å². The summed E-state index contributed by atoms with van der Waals surface area (Å²) in [5.74, 6) is 0.630. The lowest BCUT2D eigenvalue weighted by Crippen LogP contribution is -2.31. The van der Waals surface area contributed by atoms with Crippen LogP contribution in [0.2, 0.25) is 0 Å². The summed E-state index contributed by atoms with van der Waals surface area (Å²) in [7, 11) is 0. The van der Waals surface area contributed by atoms with E-state index in [1.165, 1.54) is 12.8 Å². The fourth-order valence-electron chi connectivity index (χ4n) is 1.92. The number of anilines is 1. The van der Waals surface area contributed by atoms with E-state index in [9.17, 15) is 4.79 Å². The van der Waals surface area contributed by atoms with Crippen LogP contribution in [0.4, 0.5) is 5.69 Å². The third kappa shape index (κ3) is 3.03.